The van der Waals surface area contributed by atoms with Crippen LogP contribution in [0.2, 0.25) is 0 Å². The molecule has 58 heavy (non-hydrogen) atoms. The van der Waals surface area contributed by atoms with Gasteiger partial charge in [-0.3, -0.25) is 9.59 Å². The van der Waals surface area contributed by atoms with Crippen molar-refractivity contribution >= 4 is 35.8 Å². The molecule has 0 bridgehead atoms. The SMILES string of the molecule is C=CC(=O)OCC(C)(C)C(=O)C(=O)N1CCCC[C@H]1C(=O)O[C@H](CCc1ccc(OC)c(OC)c1)c1ccc(OC(=O)OC(C)(C)C)c(OCC(=O)OC(C)(C)C)c1. The van der Waals surface area contributed by atoms with Crippen molar-refractivity contribution in [3.63, 3.8) is 0 Å². The van der Waals surface area contributed by atoms with E-state index in [0.29, 0.717) is 36.3 Å². The number of Topliss-reactive ketones (excluding diaryl/α,β-unsaturated/α-hetero) is 1. The topological polar surface area (TPSA) is 179 Å². The number of ether oxygens (including phenoxy) is 8. The van der Waals surface area contributed by atoms with E-state index in [1.165, 1.54) is 45.1 Å². The summed E-state index contributed by atoms with van der Waals surface area (Å²) in [5.74, 6) is -2.99. The summed E-state index contributed by atoms with van der Waals surface area (Å²) in [5.41, 5.74) is -1.83. The number of amides is 1. The molecule has 0 N–H and O–H groups in total. The molecule has 2 aromatic carbocycles. The Morgan fingerprint density at radius 3 is 2.10 bits per heavy atom. The first-order valence-corrected chi connectivity index (χ1v) is 19.0. The molecule has 1 aliphatic rings. The third-order valence-electron chi connectivity index (χ3n) is 8.68. The third kappa shape index (κ3) is 14.1. The lowest BCUT2D eigenvalue weighted by atomic mass is 9.87. The van der Waals surface area contributed by atoms with Crippen LogP contribution in [0.5, 0.6) is 23.0 Å². The van der Waals surface area contributed by atoms with Gasteiger partial charge in [0.25, 0.3) is 5.91 Å². The Balaban J connectivity index is 2.02. The van der Waals surface area contributed by atoms with E-state index in [2.05, 4.69) is 6.58 Å². The van der Waals surface area contributed by atoms with E-state index in [1.54, 1.807) is 59.7 Å². The van der Waals surface area contributed by atoms with E-state index in [9.17, 15) is 28.8 Å². The van der Waals surface area contributed by atoms with E-state index in [4.69, 9.17) is 37.9 Å². The number of nitrogens with zero attached hydrogens (tertiary/aromatic N) is 1. The van der Waals surface area contributed by atoms with E-state index in [1.807, 2.05) is 6.07 Å². The van der Waals surface area contributed by atoms with Gasteiger partial charge in [0.1, 0.15) is 30.0 Å². The highest BCUT2D eigenvalue weighted by Gasteiger charge is 2.42. The zero-order valence-corrected chi connectivity index (χ0v) is 35.2. The lowest BCUT2D eigenvalue weighted by molar-refractivity contribution is -0.165. The lowest BCUT2D eigenvalue weighted by Gasteiger charge is -2.36. The van der Waals surface area contributed by atoms with Crippen LogP contribution in [-0.2, 0) is 49.3 Å². The maximum Gasteiger partial charge on any atom is 0.514 e. The summed E-state index contributed by atoms with van der Waals surface area (Å²) in [7, 11) is 3.04. The summed E-state index contributed by atoms with van der Waals surface area (Å²) in [5, 5.41) is 0. The van der Waals surface area contributed by atoms with Crippen LogP contribution in [0.15, 0.2) is 49.1 Å². The minimum Gasteiger partial charge on any atom is -0.493 e. The van der Waals surface area contributed by atoms with Gasteiger partial charge in [-0.25, -0.2) is 19.2 Å². The van der Waals surface area contributed by atoms with E-state index >= 15 is 0 Å². The molecule has 15 nitrogen and oxygen atoms in total. The van der Waals surface area contributed by atoms with Crippen LogP contribution >= 0.6 is 0 Å². The van der Waals surface area contributed by atoms with Gasteiger partial charge in [-0.15, -0.1) is 0 Å². The Hall–Kier alpha value is -5.60. The smallest absolute Gasteiger partial charge is 0.493 e. The summed E-state index contributed by atoms with van der Waals surface area (Å²) in [6.45, 7) is 15.7. The van der Waals surface area contributed by atoms with E-state index < -0.39 is 71.1 Å². The first-order valence-electron chi connectivity index (χ1n) is 19.0. The van der Waals surface area contributed by atoms with E-state index in [-0.39, 0.29) is 37.5 Å². The van der Waals surface area contributed by atoms with Crippen LogP contribution in [0.3, 0.4) is 0 Å². The van der Waals surface area contributed by atoms with Crippen LogP contribution in [0, 0.1) is 5.41 Å². The Bertz CT molecular complexity index is 1820. The Labute approximate surface area is 340 Å². The number of methoxy groups -OCH3 is 2. The Kier molecular flexibility index (Phi) is 16.3. The van der Waals surface area contributed by atoms with Crippen molar-refractivity contribution in [3.8, 4) is 23.0 Å². The van der Waals surface area contributed by atoms with Gasteiger partial charge in [-0.2, -0.15) is 0 Å². The summed E-state index contributed by atoms with van der Waals surface area (Å²) in [6.07, 6.45) is 0.911. The van der Waals surface area contributed by atoms with Crippen molar-refractivity contribution in [1.29, 1.82) is 0 Å². The van der Waals surface area contributed by atoms with E-state index in [0.717, 1.165) is 11.6 Å². The van der Waals surface area contributed by atoms with Crippen LogP contribution in [-0.4, -0.2) is 91.9 Å². The highest BCUT2D eigenvalue weighted by atomic mass is 16.7. The second-order valence-electron chi connectivity index (χ2n) is 16.3. The molecule has 1 saturated heterocycles. The average Bonchev–Trinajstić information content (AvgIpc) is 3.15. The van der Waals surface area contributed by atoms with Gasteiger partial charge in [0.2, 0.25) is 5.78 Å². The van der Waals surface area contributed by atoms with Crippen LogP contribution in [0.4, 0.5) is 4.79 Å². The fraction of sp³-hybridized carbons (Fsp3) is 0.535. The number of aryl methyl sites for hydroxylation is 1. The van der Waals surface area contributed by atoms with Crippen molar-refractivity contribution in [2.24, 2.45) is 5.41 Å². The number of hydrogen-bond donors (Lipinski definition) is 0. The van der Waals surface area contributed by atoms with Crippen LogP contribution in [0.25, 0.3) is 0 Å². The van der Waals surface area contributed by atoms with Gasteiger partial charge in [0.15, 0.2) is 29.6 Å². The minimum absolute atomic E-state index is 0.0409. The molecule has 0 spiro atoms. The predicted octanol–water partition coefficient (Wildman–Crippen LogP) is 6.66. The number of ketones is 1. The molecule has 1 heterocycles. The zero-order valence-electron chi connectivity index (χ0n) is 35.2. The molecule has 2 aromatic rings. The first kappa shape index (κ1) is 46.8. The number of rotatable bonds is 17. The number of benzene rings is 2. The number of likely N-dealkylation sites (tertiary alicyclic amines) is 1. The molecule has 1 fully saturated rings. The largest absolute Gasteiger partial charge is 0.514 e. The fourth-order valence-corrected chi connectivity index (χ4v) is 5.85. The van der Waals surface area contributed by atoms with Gasteiger partial charge in [-0.05, 0) is 123 Å². The molecule has 0 aliphatic carbocycles. The number of carbonyl (C=O) groups excluding carboxylic acids is 6. The number of carbonyl (C=O) groups is 6. The molecule has 0 saturated carbocycles. The minimum atomic E-state index is -1.39. The lowest BCUT2D eigenvalue weighted by Crippen LogP contribution is -2.53. The maximum absolute atomic E-state index is 14.2. The molecule has 2 atom stereocenters. The van der Waals surface area contributed by atoms with Crippen molar-refractivity contribution in [1.82, 2.24) is 4.90 Å². The van der Waals surface area contributed by atoms with Crippen molar-refractivity contribution in [2.75, 3.05) is 34.0 Å². The normalized spacial score (nSPS) is 14.9. The highest BCUT2D eigenvalue weighted by Crippen LogP contribution is 2.36. The predicted molar refractivity (Wildman–Crippen MR) is 211 cm³/mol. The van der Waals surface area contributed by atoms with Crippen LogP contribution < -0.4 is 18.9 Å². The summed E-state index contributed by atoms with van der Waals surface area (Å²) < 4.78 is 44.2. The molecular formula is C43H57NO14. The zero-order chi connectivity index (χ0) is 43.4. The van der Waals surface area contributed by atoms with Gasteiger partial charge in [-0.1, -0.05) is 18.7 Å². The van der Waals surface area contributed by atoms with Gasteiger partial charge < -0.3 is 42.8 Å². The summed E-state index contributed by atoms with van der Waals surface area (Å²) >= 11 is 0. The second-order valence-corrected chi connectivity index (χ2v) is 16.3. The number of piperidine rings is 1. The molecule has 15 heteroatoms. The molecule has 318 valence electrons. The van der Waals surface area contributed by atoms with Crippen LogP contribution in [0.1, 0.15) is 98.3 Å². The number of hydrogen-bond acceptors (Lipinski definition) is 14. The van der Waals surface area contributed by atoms with Crippen molar-refractivity contribution in [3.05, 3.63) is 60.2 Å². The third-order valence-corrected chi connectivity index (χ3v) is 8.68. The monoisotopic (exact) mass is 811 g/mol. The first-order chi connectivity index (χ1) is 27.1. The molecule has 3 rings (SSSR count). The molecule has 0 aromatic heterocycles. The molecule has 1 aliphatic heterocycles. The van der Waals surface area contributed by atoms with Gasteiger partial charge in [0.05, 0.1) is 19.6 Å². The van der Waals surface area contributed by atoms with Crippen molar-refractivity contribution < 1.29 is 66.7 Å². The maximum atomic E-state index is 14.2. The van der Waals surface area contributed by atoms with Gasteiger partial charge in [0, 0.05) is 12.6 Å². The summed E-state index contributed by atoms with van der Waals surface area (Å²) in [4.78, 5) is 79.6. The Morgan fingerprint density at radius 2 is 1.48 bits per heavy atom. The quantitative estimate of drug-likeness (QED) is 0.0544. The van der Waals surface area contributed by atoms with Gasteiger partial charge >= 0.3 is 24.1 Å². The standard InChI is InChI=1S/C43H57NO14/c1-12-35(45)54-26-43(8,9)37(47)38(48)44-22-14-13-15-29(44)39(49)55-30(19-16-27-17-20-31(51-10)33(23-27)52-11)28-18-21-32(56-40(50)58-42(5,6)7)34(24-28)53-25-36(46)57-41(2,3)4/h12,17-18,20-21,23-24,29-30H,1,13-16,19,22,25-26H2,2-11H3/t29-,30+/m0/s1. The molecule has 1 amide bonds. The van der Waals surface area contributed by atoms with Crippen molar-refractivity contribution in [2.45, 2.75) is 111 Å². The Morgan fingerprint density at radius 1 is 0.828 bits per heavy atom. The number of esters is 3. The average molecular weight is 812 g/mol. The second kappa shape index (κ2) is 20.2. The summed E-state index contributed by atoms with van der Waals surface area (Å²) in [6, 6.07) is 8.78. The highest BCUT2D eigenvalue weighted by molar-refractivity contribution is 6.38. The molecule has 0 radical (unpaired) electrons. The fourth-order valence-electron chi connectivity index (χ4n) is 5.85. The molecular weight excluding hydrogens is 754 g/mol. The molecule has 0 unspecified atom stereocenters.